The Labute approximate surface area is 111 Å². The van der Waals surface area contributed by atoms with E-state index < -0.39 is 6.16 Å². The lowest BCUT2D eigenvalue weighted by molar-refractivity contribution is 0.0529. The van der Waals surface area contributed by atoms with E-state index in [4.69, 9.17) is 9.47 Å². The van der Waals surface area contributed by atoms with E-state index in [-0.39, 0.29) is 0 Å². The molecule has 18 heavy (non-hydrogen) atoms. The molecular formula is C15H26O3. The Bertz CT molecular complexity index is 214. The predicted molar refractivity (Wildman–Crippen MR) is 72.6 cm³/mol. The fourth-order valence-electron chi connectivity index (χ4n) is 2.02. The van der Waals surface area contributed by atoms with Crippen LogP contribution in [0.15, 0.2) is 12.2 Å². The molecule has 0 aromatic heterocycles. The monoisotopic (exact) mass is 254 g/mol. The van der Waals surface area contributed by atoms with Crippen molar-refractivity contribution in [2.24, 2.45) is 0 Å². The molecule has 104 valence electrons. The summed E-state index contributed by atoms with van der Waals surface area (Å²) in [5.41, 5.74) is 0. The molecule has 3 nitrogen and oxygen atoms in total. The highest BCUT2D eigenvalue weighted by Crippen LogP contribution is 2.08. The van der Waals surface area contributed by atoms with Crippen molar-refractivity contribution in [3.8, 4) is 0 Å². The van der Waals surface area contributed by atoms with E-state index in [0.717, 1.165) is 25.7 Å². The van der Waals surface area contributed by atoms with E-state index in [1.54, 1.807) is 0 Å². The predicted octanol–water partition coefficient (Wildman–Crippen LogP) is 4.61. The second kappa shape index (κ2) is 11.1. The molecule has 0 amide bonds. The van der Waals surface area contributed by atoms with Gasteiger partial charge in [-0.05, 0) is 38.5 Å². The largest absolute Gasteiger partial charge is 0.508 e. The van der Waals surface area contributed by atoms with Gasteiger partial charge >= 0.3 is 6.16 Å². The van der Waals surface area contributed by atoms with Crippen LogP contribution in [-0.4, -0.2) is 19.4 Å². The third kappa shape index (κ3) is 9.08. The van der Waals surface area contributed by atoms with E-state index >= 15 is 0 Å². The summed E-state index contributed by atoms with van der Waals surface area (Å²) in [6.45, 7) is 0.989. The lowest BCUT2D eigenvalue weighted by Gasteiger charge is -2.05. The first-order valence-electron chi connectivity index (χ1n) is 7.34. The van der Waals surface area contributed by atoms with Gasteiger partial charge in [0.05, 0.1) is 13.2 Å². The molecular weight excluding hydrogens is 228 g/mol. The number of carbonyl (C=O) groups is 1. The van der Waals surface area contributed by atoms with Gasteiger partial charge < -0.3 is 9.47 Å². The second-order valence-electron chi connectivity index (χ2n) is 4.82. The summed E-state index contributed by atoms with van der Waals surface area (Å²) in [6.07, 6.45) is 15.5. The highest BCUT2D eigenvalue weighted by atomic mass is 16.7. The van der Waals surface area contributed by atoms with Crippen molar-refractivity contribution >= 4 is 6.16 Å². The van der Waals surface area contributed by atoms with Crippen LogP contribution >= 0.6 is 0 Å². The van der Waals surface area contributed by atoms with Crippen LogP contribution in [0.25, 0.3) is 0 Å². The number of allylic oxidation sites excluding steroid dienone is 2. The Morgan fingerprint density at radius 3 is 1.61 bits per heavy atom. The van der Waals surface area contributed by atoms with Crippen molar-refractivity contribution < 1.29 is 14.3 Å². The number of hydrogen-bond donors (Lipinski definition) is 0. The Balaban J connectivity index is 2.17. The Morgan fingerprint density at radius 1 is 0.667 bits per heavy atom. The van der Waals surface area contributed by atoms with Gasteiger partial charge in [-0.1, -0.05) is 37.8 Å². The zero-order chi connectivity index (χ0) is 12.9. The summed E-state index contributed by atoms with van der Waals surface area (Å²) in [5, 5.41) is 0. The van der Waals surface area contributed by atoms with Gasteiger partial charge in [0.25, 0.3) is 0 Å². The molecule has 0 saturated carbocycles. The van der Waals surface area contributed by atoms with Crippen LogP contribution in [0, 0.1) is 0 Å². The molecule has 0 aromatic rings. The zero-order valence-electron chi connectivity index (χ0n) is 11.4. The molecule has 3 heteroatoms. The van der Waals surface area contributed by atoms with Crippen LogP contribution in [0.2, 0.25) is 0 Å². The molecule has 1 aliphatic rings. The molecule has 0 bridgehead atoms. The highest BCUT2D eigenvalue weighted by molar-refractivity contribution is 5.59. The van der Waals surface area contributed by atoms with Crippen molar-refractivity contribution in [2.75, 3.05) is 13.2 Å². The van der Waals surface area contributed by atoms with Gasteiger partial charge in [0.2, 0.25) is 0 Å². The summed E-state index contributed by atoms with van der Waals surface area (Å²) in [4.78, 5) is 11.2. The normalized spacial score (nSPS) is 23.4. The molecule has 1 rings (SSSR count). The summed E-state index contributed by atoms with van der Waals surface area (Å²) in [7, 11) is 0. The van der Waals surface area contributed by atoms with Gasteiger partial charge in [-0.15, -0.1) is 0 Å². The third-order valence-corrected chi connectivity index (χ3v) is 3.14. The van der Waals surface area contributed by atoms with E-state index in [2.05, 4.69) is 12.2 Å². The average Bonchev–Trinajstić information content (AvgIpc) is 2.37. The van der Waals surface area contributed by atoms with Gasteiger partial charge in [-0.3, -0.25) is 0 Å². The van der Waals surface area contributed by atoms with E-state index in [1.165, 1.54) is 38.5 Å². The van der Waals surface area contributed by atoms with Gasteiger partial charge in [0, 0.05) is 0 Å². The first-order valence-corrected chi connectivity index (χ1v) is 7.34. The maximum Gasteiger partial charge on any atom is 0.508 e. The van der Waals surface area contributed by atoms with Crippen molar-refractivity contribution in [3.63, 3.8) is 0 Å². The first kappa shape index (κ1) is 15.1. The van der Waals surface area contributed by atoms with Crippen LogP contribution in [0.4, 0.5) is 4.79 Å². The molecule has 1 aliphatic heterocycles. The van der Waals surface area contributed by atoms with Crippen LogP contribution in [-0.2, 0) is 9.47 Å². The van der Waals surface area contributed by atoms with Gasteiger partial charge in [-0.25, -0.2) is 4.79 Å². The first-order chi connectivity index (χ1) is 8.89. The standard InChI is InChI=1S/C15H26O3/c16-15-17-13-11-9-7-5-3-1-2-4-6-8-10-12-14-18-15/h1-2H,3-14H2/b2-1+. The van der Waals surface area contributed by atoms with Gasteiger partial charge in [-0.2, -0.15) is 0 Å². The maximum absolute atomic E-state index is 11.2. The molecule has 0 spiro atoms. The summed E-state index contributed by atoms with van der Waals surface area (Å²) < 4.78 is 9.98. The van der Waals surface area contributed by atoms with Crippen molar-refractivity contribution in [1.82, 2.24) is 0 Å². The minimum absolute atomic E-state index is 0.495. The Hall–Kier alpha value is -0.990. The number of rotatable bonds is 0. The molecule has 0 N–H and O–H groups in total. The second-order valence-corrected chi connectivity index (χ2v) is 4.82. The lowest BCUT2D eigenvalue weighted by atomic mass is 10.1. The van der Waals surface area contributed by atoms with E-state index in [1.807, 2.05) is 0 Å². The number of hydrogen-bond acceptors (Lipinski definition) is 3. The minimum atomic E-state index is -0.499. The SMILES string of the molecule is O=C1OCCCCCC/C=C/CCCCCCO1. The summed E-state index contributed by atoms with van der Waals surface area (Å²) in [6, 6.07) is 0. The van der Waals surface area contributed by atoms with Gasteiger partial charge in [0.15, 0.2) is 0 Å². The summed E-state index contributed by atoms with van der Waals surface area (Å²) >= 11 is 0. The molecule has 0 radical (unpaired) electrons. The molecule has 1 heterocycles. The highest BCUT2D eigenvalue weighted by Gasteiger charge is 2.02. The Kier molecular flexibility index (Phi) is 9.31. The smallest absolute Gasteiger partial charge is 0.434 e. The number of carbonyl (C=O) groups excluding carboxylic acids is 1. The molecule has 0 unspecified atom stereocenters. The van der Waals surface area contributed by atoms with Gasteiger partial charge in [0.1, 0.15) is 0 Å². The van der Waals surface area contributed by atoms with Crippen LogP contribution in [0.5, 0.6) is 0 Å². The van der Waals surface area contributed by atoms with E-state index in [9.17, 15) is 4.79 Å². The average molecular weight is 254 g/mol. The van der Waals surface area contributed by atoms with Crippen LogP contribution < -0.4 is 0 Å². The fourth-order valence-corrected chi connectivity index (χ4v) is 2.02. The maximum atomic E-state index is 11.2. The van der Waals surface area contributed by atoms with E-state index in [0.29, 0.717) is 13.2 Å². The zero-order valence-corrected chi connectivity index (χ0v) is 11.4. The summed E-state index contributed by atoms with van der Waals surface area (Å²) in [5.74, 6) is 0. The topological polar surface area (TPSA) is 35.5 Å². The number of ether oxygens (including phenoxy) is 2. The Morgan fingerprint density at radius 2 is 1.11 bits per heavy atom. The van der Waals surface area contributed by atoms with Crippen molar-refractivity contribution in [3.05, 3.63) is 12.2 Å². The quantitative estimate of drug-likeness (QED) is 0.468. The number of cyclic esters (lactones) is 2. The molecule has 0 aromatic carbocycles. The molecule has 0 saturated heterocycles. The third-order valence-electron chi connectivity index (χ3n) is 3.14. The van der Waals surface area contributed by atoms with Crippen LogP contribution in [0.3, 0.4) is 0 Å². The van der Waals surface area contributed by atoms with Crippen molar-refractivity contribution in [2.45, 2.75) is 64.2 Å². The molecule has 0 aliphatic carbocycles. The van der Waals surface area contributed by atoms with Crippen LogP contribution in [0.1, 0.15) is 64.2 Å². The minimum Gasteiger partial charge on any atom is -0.434 e. The fraction of sp³-hybridized carbons (Fsp3) is 0.800. The molecule has 0 fully saturated rings. The molecule has 0 atom stereocenters. The van der Waals surface area contributed by atoms with Crippen molar-refractivity contribution in [1.29, 1.82) is 0 Å². The lowest BCUT2D eigenvalue weighted by Crippen LogP contribution is -2.09.